The maximum atomic E-state index is 11.6. The lowest BCUT2D eigenvalue weighted by molar-refractivity contribution is -0.124. The molecule has 1 amide bonds. The summed E-state index contributed by atoms with van der Waals surface area (Å²) in [5, 5.41) is 3.86. The first-order chi connectivity index (χ1) is 13.6. The summed E-state index contributed by atoms with van der Waals surface area (Å²) < 4.78 is 0. The smallest absolute Gasteiger partial charge is 0.220 e. The second-order valence-corrected chi connectivity index (χ2v) is 9.23. The van der Waals surface area contributed by atoms with E-state index in [4.69, 9.17) is 11.6 Å². The van der Waals surface area contributed by atoms with Crippen molar-refractivity contribution in [2.24, 2.45) is 11.8 Å². The summed E-state index contributed by atoms with van der Waals surface area (Å²) in [6.45, 7) is 7.61. The van der Waals surface area contributed by atoms with Gasteiger partial charge in [-0.05, 0) is 69.4 Å². The van der Waals surface area contributed by atoms with Crippen molar-refractivity contribution in [2.75, 3.05) is 57.8 Å². The first-order valence-corrected chi connectivity index (χ1v) is 11.2. The zero-order chi connectivity index (χ0) is 19.5. The number of piperidine rings is 1. The van der Waals surface area contributed by atoms with Gasteiger partial charge in [0.25, 0.3) is 0 Å². The molecule has 154 valence electrons. The number of fused-ring (bicyclic) bond motifs is 1. The molecule has 0 spiro atoms. The van der Waals surface area contributed by atoms with Crippen LogP contribution < -0.4 is 10.2 Å². The van der Waals surface area contributed by atoms with E-state index in [0.29, 0.717) is 17.9 Å². The van der Waals surface area contributed by atoms with Crippen LogP contribution in [0.25, 0.3) is 0 Å². The molecule has 1 aromatic carbocycles. The fraction of sp³-hybridized carbons (Fsp3) is 0.682. The fourth-order valence-electron chi connectivity index (χ4n) is 5.22. The third-order valence-electron chi connectivity index (χ3n) is 6.98. The second kappa shape index (κ2) is 9.02. The molecule has 28 heavy (non-hydrogen) atoms. The van der Waals surface area contributed by atoms with Crippen LogP contribution in [0, 0.1) is 11.8 Å². The van der Waals surface area contributed by atoms with E-state index >= 15 is 0 Å². The molecule has 2 heterocycles. The standard InChI is InChI=1S/C22H33ClN4O/c1-25(21-12-17-14-22(28)24-16-18(17)13-21)6-3-7-26-8-10-27(11-9-26)20-5-2-4-19(23)15-20/h2,4-5,15,17-18,21H,3,6-14,16H2,1H3,(H,24,28). The second-order valence-electron chi connectivity index (χ2n) is 8.80. The number of carbonyl (C=O) groups is 1. The minimum absolute atomic E-state index is 0.251. The number of nitrogens with one attached hydrogen (secondary N) is 1. The molecule has 2 saturated heterocycles. The number of halogens is 1. The molecule has 2 aliphatic heterocycles. The Bertz CT molecular complexity index is 676. The van der Waals surface area contributed by atoms with Crippen molar-refractivity contribution in [3.8, 4) is 0 Å². The lowest BCUT2D eigenvalue weighted by Gasteiger charge is -2.36. The normalized spacial score (nSPS) is 28.5. The van der Waals surface area contributed by atoms with E-state index in [1.165, 1.54) is 31.5 Å². The molecule has 6 heteroatoms. The first kappa shape index (κ1) is 20.0. The van der Waals surface area contributed by atoms with Crippen LogP contribution in [0.5, 0.6) is 0 Å². The van der Waals surface area contributed by atoms with Gasteiger partial charge in [0.2, 0.25) is 5.91 Å². The largest absolute Gasteiger partial charge is 0.369 e. The topological polar surface area (TPSA) is 38.8 Å². The van der Waals surface area contributed by atoms with Gasteiger partial charge >= 0.3 is 0 Å². The Morgan fingerprint density at radius 3 is 2.75 bits per heavy atom. The average Bonchev–Trinajstić information content (AvgIpc) is 3.12. The van der Waals surface area contributed by atoms with E-state index in [1.54, 1.807) is 0 Å². The number of benzene rings is 1. The Kier molecular flexibility index (Phi) is 6.44. The molecular weight excluding hydrogens is 372 g/mol. The molecule has 3 fully saturated rings. The molecule has 1 aromatic rings. The van der Waals surface area contributed by atoms with E-state index in [-0.39, 0.29) is 5.91 Å². The molecular formula is C22H33ClN4O. The highest BCUT2D eigenvalue weighted by molar-refractivity contribution is 6.30. The van der Waals surface area contributed by atoms with Gasteiger partial charge in [0, 0.05) is 55.9 Å². The number of hydrogen-bond acceptors (Lipinski definition) is 4. The average molecular weight is 405 g/mol. The summed E-state index contributed by atoms with van der Waals surface area (Å²) in [6.07, 6.45) is 4.41. The molecule has 5 nitrogen and oxygen atoms in total. The molecule has 1 aliphatic carbocycles. The summed E-state index contributed by atoms with van der Waals surface area (Å²) in [6, 6.07) is 8.84. The van der Waals surface area contributed by atoms with Gasteiger partial charge in [-0.3, -0.25) is 9.69 Å². The van der Waals surface area contributed by atoms with E-state index in [2.05, 4.69) is 39.2 Å². The van der Waals surface area contributed by atoms with E-state index in [0.717, 1.165) is 50.7 Å². The summed E-state index contributed by atoms with van der Waals surface area (Å²) in [5.41, 5.74) is 1.24. The number of anilines is 1. The monoisotopic (exact) mass is 404 g/mol. The quantitative estimate of drug-likeness (QED) is 0.791. The molecule has 0 bridgehead atoms. The summed E-state index contributed by atoms with van der Waals surface area (Å²) >= 11 is 6.13. The van der Waals surface area contributed by atoms with Crippen LogP contribution in [0.4, 0.5) is 5.69 Å². The van der Waals surface area contributed by atoms with Crippen LogP contribution in [0.3, 0.4) is 0 Å². The summed E-state index contributed by atoms with van der Waals surface area (Å²) in [5.74, 6) is 1.56. The predicted octanol–water partition coefficient (Wildman–Crippen LogP) is 2.70. The molecule has 3 unspecified atom stereocenters. The maximum Gasteiger partial charge on any atom is 0.220 e. The Balaban J connectivity index is 1.16. The van der Waals surface area contributed by atoms with Gasteiger partial charge in [0.1, 0.15) is 0 Å². The van der Waals surface area contributed by atoms with Crippen LogP contribution in [-0.2, 0) is 4.79 Å². The van der Waals surface area contributed by atoms with Crippen molar-refractivity contribution in [3.05, 3.63) is 29.3 Å². The van der Waals surface area contributed by atoms with Crippen LogP contribution in [-0.4, -0.2) is 74.6 Å². The van der Waals surface area contributed by atoms with E-state index < -0.39 is 0 Å². The van der Waals surface area contributed by atoms with Crippen LogP contribution in [0.15, 0.2) is 24.3 Å². The summed E-state index contributed by atoms with van der Waals surface area (Å²) in [7, 11) is 2.27. The minimum Gasteiger partial charge on any atom is -0.369 e. The molecule has 3 atom stereocenters. The number of amides is 1. The Labute approximate surface area is 174 Å². The summed E-state index contributed by atoms with van der Waals surface area (Å²) in [4.78, 5) is 19.2. The lowest BCUT2D eigenvalue weighted by Crippen LogP contribution is -2.47. The van der Waals surface area contributed by atoms with Crippen molar-refractivity contribution in [1.82, 2.24) is 15.1 Å². The van der Waals surface area contributed by atoms with Gasteiger partial charge in [0.15, 0.2) is 0 Å². The van der Waals surface area contributed by atoms with Crippen LogP contribution in [0.2, 0.25) is 5.02 Å². The van der Waals surface area contributed by atoms with Crippen molar-refractivity contribution >= 4 is 23.2 Å². The van der Waals surface area contributed by atoms with Gasteiger partial charge < -0.3 is 15.1 Å². The predicted molar refractivity (Wildman–Crippen MR) is 115 cm³/mol. The number of piperazine rings is 1. The highest BCUT2D eigenvalue weighted by Crippen LogP contribution is 2.38. The third kappa shape index (κ3) is 4.81. The Hall–Kier alpha value is -1.30. The molecule has 4 rings (SSSR count). The zero-order valence-corrected chi connectivity index (χ0v) is 17.7. The van der Waals surface area contributed by atoms with Gasteiger partial charge in [-0.1, -0.05) is 17.7 Å². The minimum atomic E-state index is 0.251. The Morgan fingerprint density at radius 1 is 1.18 bits per heavy atom. The zero-order valence-electron chi connectivity index (χ0n) is 16.9. The van der Waals surface area contributed by atoms with Crippen LogP contribution in [0.1, 0.15) is 25.7 Å². The highest BCUT2D eigenvalue weighted by atomic mass is 35.5. The van der Waals surface area contributed by atoms with Crippen molar-refractivity contribution in [3.63, 3.8) is 0 Å². The van der Waals surface area contributed by atoms with Gasteiger partial charge in [-0.15, -0.1) is 0 Å². The number of hydrogen-bond donors (Lipinski definition) is 1. The van der Waals surface area contributed by atoms with E-state index in [1.807, 2.05) is 12.1 Å². The Morgan fingerprint density at radius 2 is 1.96 bits per heavy atom. The lowest BCUT2D eigenvalue weighted by atomic mass is 9.89. The van der Waals surface area contributed by atoms with Crippen molar-refractivity contribution < 1.29 is 4.79 Å². The molecule has 0 aromatic heterocycles. The molecule has 1 N–H and O–H groups in total. The number of rotatable bonds is 6. The van der Waals surface area contributed by atoms with Crippen molar-refractivity contribution in [2.45, 2.75) is 31.7 Å². The van der Waals surface area contributed by atoms with Crippen molar-refractivity contribution in [1.29, 1.82) is 0 Å². The third-order valence-corrected chi connectivity index (χ3v) is 7.21. The van der Waals surface area contributed by atoms with Gasteiger partial charge in [-0.2, -0.15) is 0 Å². The molecule has 3 aliphatic rings. The van der Waals surface area contributed by atoms with Crippen LogP contribution >= 0.6 is 11.6 Å². The fourth-order valence-corrected chi connectivity index (χ4v) is 5.41. The molecule has 1 saturated carbocycles. The highest BCUT2D eigenvalue weighted by Gasteiger charge is 2.39. The van der Waals surface area contributed by atoms with E-state index in [9.17, 15) is 4.79 Å². The maximum absolute atomic E-state index is 11.6. The van der Waals surface area contributed by atoms with Gasteiger partial charge in [0.05, 0.1) is 0 Å². The SMILES string of the molecule is CN(CCCN1CCN(c2cccc(Cl)c2)CC1)C1CC2CNC(=O)CC2C1. The van der Waals surface area contributed by atoms with Gasteiger partial charge in [-0.25, -0.2) is 0 Å². The number of nitrogens with zero attached hydrogens (tertiary/aromatic N) is 3. The molecule has 0 radical (unpaired) electrons. The first-order valence-electron chi connectivity index (χ1n) is 10.8. The number of carbonyl (C=O) groups excluding carboxylic acids is 1.